The summed E-state index contributed by atoms with van der Waals surface area (Å²) in [6.07, 6.45) is 1.40. The van der Waals surface area contributed by atoms with E-state index in [0.717, 1.165) is 6.42 Å². The first-order valence-electron chi connectivity index (χ1n) is 7.93. The summed E-state index contributed by atoms with van der Waals surface area (Å²) in [5, 5.41) is 3.20. The number of hydrogen-bond acceptors (Lipinski definition) is 6. The van der Waals surface area contributed by atoms with E-state index in [1.165, 1.54) is 4.90 Å². The predicted molar refractivity (Wildman–Crippen MR) is 97.2 cm³/mol. The van der Waals surface area contributed by atoms with Gasteiger partial charge in [-0.25, -0.2) is 0 Å². The van der Waals surface area contributed by atoms with E-state index in [4.69, 9.17) is 8.74 Å². The Balaban J connectivity index is 1.74. The molecule has 0 saturated carbocycles. The van der Waals surface area contributed by atoms with Crippen molar-refractivity contribution in [2.45, 2.75) is 32.2 Å². The maximum Gasteiger partial charge on any atom is 0.266 e. The lowest BCUT2D eigenvalue weighted by Crippen LogP contribution is -2.44. The topological polar surface area (TPSA) is 95.9 Å². The molecule has 138 valence electrons. The van der Waals surface area contributed by atoms with Gasteiger partial charge >= 0.3 is 0 Å². The fourth-order valence-corrected chi connectivity index (χ4v) is 3.12. The van der Waals surface area contributed by atoms with Crippen molar-refractivity contribution in [3.63, 3.8) is 0 Å². The average Bonchev–Trinajstić information content (AvgIpc) is 2.77. The van der Waals surface area contributed by atoms with Gasteiger partial charge in [-0.3, -0.25) is 23.2 Å². The summed E-state index contributed by atoms with van der Waals surface area (Å²) in [5.41, 5.74) is 0.403. The van der Waals surface area contributed by atoms with Crippen molar-refractivity contribution in [1.29, 1.82) is 0 Å². The second-order valence-corrected chi connectivity index (χ2v) is 8.87. The average molecular weight is 386 g/mol. The number of nitrogens with one attached hydrogen (secondary N) is 1. The minimum Gasteiger partial charge on any atom is -0.310 e. The summed E-state index contributed by atoms with van der Waals surface area (Å²) in [6.45, 7) is 4.64. The first-order valence-corrected chi connectivity index (χ1v) is 10.3. The van der Waals surface area contributed by atoms with Crippen LogP contribution in [0.3, 0.4) is 0 Å². The molecule has 0 radical (unpaired) electrons. The van der Waals surface area contributed by atoms with Gasteiger partial charge in [0.1, 0.15) is 0 Å². The maximum absolute atomic E-state index is 12.2. The van der Waals surface area contributed by atoms with Crippen LogP contribution in [0.15, 0.2) is 24.3 Å². The fraction of sp³-hybridized carbons (Fsp3) is 0.500. The zero-order valence-electron chi connectivity index (χ0n) is 14.2. The van der Waals surface area contributed by atoms with Crippen LogP contribution >= 0.6 is 0 Å². The van der Waals surface area contributed by atoms with Gasteiger partial charge in [0.25, 0.3) is 20.9 Å². The van der Waals surface area contributed by atoms with Gasteiger partial charge in [0.05, 0.1) is 17.7 Å². The van der Waals surface area contributed by atoms with Crippen molar-refractivity contribution in [1.82, 2.24) is 10.2 Å². The monoisotopic (exact) mass is 386 g/mol. The molecule has 0 fully saturated rings. The molecule has 7 nitrogen and oxygen atoms in total. The Kier molecular flexibility index (Phi) is 6.28. The third-order valence-electron chi connectivity index (χ3n) is 3.86. The van der Waals surface area contributed by atoms with Crippen molar-refractivity contribution in [2.75, 3.05) is 19.7 Å². The highest BCUT2D eigenvalue weighted by atomic mass is 32.9. The third-order valence-corrected chi connectivity index (χ3v) is 4.56. The number of rotatable bonds is 9. The van der Waals surface area contributed by atoms with Gasteiger partial charge in [-0.1, -0.05) is 12.1 Å². The summed E-state index contributed by atoms with van der Waals surface area (Å²) in [4.78, 5) is 25.7. The summed E-state index contributed by atoms with van der Waals surface area (Å²) in [6, 6.07) is 6.82. The van der Waals surface area contributed by atoms with Crippen molar-refractivity contribution in [3.05, 3.63) is 35.4 Å². The molecule has 1 aliphatic heterocycles. The minimum atomic E-state index is -3.63. The second kappa shape index (κ2) is 7.88. The number of hydrogen-bond donors (Lipinski definition) is 2. The molecule has 9 heteroatoms. The molecular weight excluding hydrogens is 364 g/mol. The number of carbonyl (C=O) groups excluding carboxylic acids is 2. The highest BCUT2D eigenvalue weighted by Gasteiger charge is 2.34. The van der Waals surface area contributed by atoms with E-state index in [1.54, 1.807) is 24.3 Å². The zero-order chi connectivity index (χ0) is 18.7. The van der Waals surface area contributed by atoms with Gasteiger partial charge < -0.3 is 5.32 Å². The number of carbonyl (C=O) groups is 2. The summed E-state index contributed by atoms with van der Waals surface area (Å²) < 4.78 is 24.7. The molecule has 25 heavy (non-hydrogen) atoms. The minimum absolute atomic E-state index is 0.00421. The highest BCUT2D eigenvalue weighted by molar-refractivity contribution is 8.27. The van der Waals surface area contributed by atoms with Crippen LogP contribution in [0.1, 0.15) is 47.4 Å². The van der Waals surface area contributed by atoms with Crippen LogP contribution in [-0.2, 0) is 24.4 Å². The van der Waals surface area contributed by atoms with Crippen LogP contribution in [0.25, 0.3) is 0 Å². The largest absolute Gasteiger partial charge is 0.310 e. The van der Waals surface area contributed by atoms with Crippen molar-refractivity contribution < 1.29 is 22.5 Å². The fourth-order valence-electron chi connectivity index (χ4n) is 2.54. The number of unbranched alkanes of at least 4 members (excludes halogenated alkanes) is 1. The van der Waals surface area contributed by atoms with Gasteiger partial charge in [0.15, 0.2) is 0 Å². The Bertz CT molecular complexity index is 727. The first kappa shape index (κ1) is 19.9. The number of nitrogens with zero attached hydrogens (tertiary/aromatic N) is 1. The molecule has 0 aromatic heterocycles. The first-order chi connectivity index (χ1) is 11.6. The molecule has 1 heterocycles. The van der Waals surface area contributed by atoms with Gasteiger partial charge in [-0.05, 0) is 45.4 Å². The molecule has 1 aromatic rings. The molecule has 0 spiro atoms. The normalized spacial score (nSPS) is 16.8. The quantitative estimate of drug-likeness (QED) is 0.491. The Morgan fingerprint density at radius 3 is 2.28 bits per heavy atom. The van der Waals surface area contributed by atoms with Crippen LogP contribution in [0.4, 0.5) is 0 Å². The molecule has 0 bridgehead atoms. The Hall–Kier alpha value is -1.39. The van der Waals surface area contributed by atoms with E-state index in [0.29, 0.717) is 30.6 Å². The summed E-state index contributed by atoms with van der Waals surface area (Å²) >= 11 is 4.28. The second-order valence-electron chi connectivity index (χ2n) is 6.52. The lowest BCUT2D eigenvalue weighted by molar-refractivity contribution is 0.0651. The van der Waals surface area contributed by atoms with E-state index < -0.39 is 14.6 Å². The van der Waals surface area contributed by atoms with Crippen LogP contribution in [0, 0.1) is 0 Å². The van der Waals surface area contributed by atoms with Gasteiger partial charge in [-0.15, -0.1) is 0 Å². The van der Waals surface area contributed by atoms with Crippen LogP contribution in [-0.4, -0.2) is 50.7 Å². The predicted octanol–water partition coefficient (Wildman–Crippen LogP) is 1.58. The third kappa shape index (κ3) is 5.55. The lowest BCUT2D eigenvalue weighted by Gasteiger charge is -2.25. The van der Waals surface area contributed by atoms with E-state index in [-0.39, 0.29) is 18.4 Å². The molecule has 2 N–H and O–H groups in total. The van der Waals surface area contributed by atoms with Gasteiger partial charge in [0.2, 0.25) is 0 Å². The van der Waals surface area contributed by atoms with Crippen LogP contribution in [0.2, 0.25) is 0 Å². The zero-order valence-corrected chi connectivity index (χ0v) is 15.8. The van der Waals surface area contributed by atoms with Crippen molar-refractivity contribution in [3.8, 4) is 0 Å². The molecule has 2 rings (SSSR count). The van der Waals surface area contributed by atoms with Crippen molar-refractivity contribution in [2.24, 2.45) is 0 Å². The van der Waals surface area contributed by atoms with Gasteiger partial charge in [0, 0.05) is 23.3 Å². The smallest absolute Gasteiger partial charge is 0.266 e. The number of fused-ring (bicyclic) bond motifs is 1. The number of benzene rings is 1. The maximum atomic E-state index is 12.2. The standard InChI is InChI=1S/C16H22N2O5S2/c1-16(2,11-23-25(21,22)24)17-9-5-6-10-18-14(19)12-7-3-4-8-13(12)15(18)20/h3-4,7-8,17H,5-6,9-11H2,1-2H3,(H,21,22,24). The highest BCUT2D eigenvalue weighted by Crippen LogP contribution is 2.22. The molecule has 0 saturated heterocycles. The van der Waals surface area contributed by atoms with E-state index in [9.17, 15) is 13.8 Å². The number of amides is 2. The summed E-state index contributed by atoms with van der Waals surface area (Å²) in [7, 11) is -3.63. The number of imide groups is 1. The Morgan fingerprint density at radius 1 is 1.20 bits per heavy atom. The van der Waals surface area contributed by atoms with Gasteiger partial charge in [-0.2, -0.15) is 4.21 Å². The van der Waals surface area contributed by atoms with E-state index in [1.807, 2.05) is 13.8 Å². The molecule has 2 amide bonds. The SMILES string of the molecule is CC(C)(COS(=O)(O)=S)NCCCCN1C(=O)c2ccccc2C1=O. The molecule has 0 aliphatic carbocycles. The van der Waals surface area contributed by atoms with Crippen LogP contribution < -0.4 is 5.32 Å². The Labute approximate surface area is 152 Å². The molecule has 1 atom stereocenters. The lowest BCUT2D eigenvalue weighted by atomic mass is 10.1. The molecule has 1 aromatic carbocycles. The van der Waals surface area contributed by atoms with E-state index in [2.05, 4.69) is 16.5 Å². The molecule has 1 unspecified atom stereocenters. The summed E-state index contributed by atoms with van der Waals surface area (Å²) in [5.74, 6) is -0.490. The van der Waals surface area contributed by atoms with E-state index >= 15 is 0 Å². The molecular formula is C16H22N2O5S2. The van der Waals surface area contributed by atoms with Crippen LogP contribution in [0.5, 0.6) is 0 Å². The van der Waals surface area contributed by atoms with Crippen molar-refractivity contribution >= 4 is 32.1 Å². The Morgan fingerprint density at radius 2 is 1.76 bits per heavy atom. The molecule has 1 aliphatic rings.